The number of aromatic nitrogens is 4. The Morgan fingerprint density at radius 2 is 0.826 bits per heavy atom. The number of hydrogen-bond donors (Lipinski definition) is 2. The van der Waals surface area contributed by atoms with Crippen molar-refractivity contribution in [3.8, 4) is 50.3 Å². The first-order valence-corrected chi connectivity index (χ1v) is 23.6. The van der Waals surface area contributed by atoms with Crippen molar-refractivity contribution in [1.82, 2.24) is 19.9 Å². The van der Waals surface area contributed by atoms with Crippen LogP contribution in [0, 0.1) is 0 Å². The smallest absolute Gasteiger partial charge is 0.305 e. The summed E-state index contributed by atoms with van der Waals surface area (Å²) in [6, 6.07) is 62.0. The van der Waals surface area contributed by atoms with Gasteiger partial charge < -0.3 is 19.4 Å². The van der Waals surface area contributed by atoms with E-state index in [0.29, 0.717) is 26.1 Å². The minimum atomic E-state index is -0.205. The molecular formula is C62H46N4O3. The number of nitrogens with one attached hydrogen (secondary N) is 2. The molecule has 2 aliphatic heterocycles. The minimum Gasteiger partial charge on any atom is -0.493 e. The standard InChI is InChI=1S/C62H46N4O3/c1-2-58(67)69-38-12-37-68-43-27-25-42(26-28-43)59-50-29-31-52(63-50)60(47-22-9-16-39-13-3-6-19-44(39)47)54-33-35-56(65-54)62(49-24-11-18-41-15-5-8-21-46(41)49)57-36-34-55(66-57)61(53-32-30-51(59)64-53)48-23-10-17-40-14-4-7-20-45(40)48/h3-11,13-36,63,66H,2,12,37-38H2,1H3. The highest BCUT2D eigenvalue weighted by Gasteiger charge is 2.21. The summed E-state index contributed by atoms with van der Waals surface area (Å²) in [6.07, 6.45) is 9.57. The van der Waals surface area contributed by atoms with Crippen LogP contribution in [-0.4, -0.2) is 39.1 Å². The zero-order valence-electron chi connectivity index (χ0n) is 38.0. The number of rotatable bonds is 10. The summed E-state index contributed by atoms with van der Waals surface area (Å²) in [5.41, 5.74) is 15.3. The van der Waals surface area contributed by atoms with Gasteiger partial charge in [0.2, 0.25) is 0 Å². The van der Waals surface area contributed by atoms with Crippen molar-refractivity contribution in [1.29, 1.82) is 0 Å². The van der Waals surface area contributed by atoms with Crippen LogP contribution in [0.4, 0.5) is 0 Å². The predicted molar refractivity (Wildman–Crippen MR) is 284 cm³/mol. The van der Waals surface area contributed by atoms with Crippen molar-refractivity contribution in [2.75, 3.05) is 13.2 Å². The predicted octanol–water partition coefficient (Wildman–Crippen LogP) is 15.5. The SMILES string of the molecule is CCC(=O)OCCCOc1ccc(-c2c3nc(c(-c4cccc5ccccc45)c4ccc([nH]4)c(-c4cccc5ccccc45)c4nc(c(-c5cccc6ccccc56)c5ccc2[nH]5)C=C4)C=C3)cc1. The molecule has 7 nitrogen and oxygen atoms in total. The fourth-order valence-corrected chi connectivity index (χ4v) is 9.94. The van der Waals surface area contributed by atoms with Gasteiger partial charge in [0, 0.05) is 57.2 Å². The van der Waals surface area contributed by atoms with E-state index in [9.17, 15) is 4.79 Å². The number of nitrogens with zero attached hydrogens (tertiary/aromatic N) is 2. The van der Waals surface area contributed by atoms with E-state index in [0.717, 1.165) is 127 Å². The normalized spacial score (nSPS) is 12.0. The molecule has 0 amide bonds. The van der Waals surface area contributed by atoms with Gasteiger partial charge in [-0.1, -0.05) is 146 Å². The zero-order valence-corrected chi connectivity index (χ0v) is 38.0. The zero-order chi connectivity index (χ0) is 46.3. The lowest BCUT2D eigenvalue weighted by Gasteiger charge is -2.11. The Bertz CT molecular complexity index is 3800. The van der Waals surface area contributed by atoms with E-state index in [1.165, 1.54) is 0 Å². The van der Waals surface area contributed by atoms with E-state index in [4.69, 9.17) is 19.4 Å². The molecule has 0 fully saturated rings. The van der Waals surface area contributed by atoms with Crippen molar-refractivity contribution in [2.24, 2.45) is 0 Å². The lowest BCUT2D eigenvalue weighted by molar-refractivity contribution is -0.143. The largest absolute Gasteiger partial charge is 0.493 e. The summed E-state index contributed by atoms with van der Waals surface area (Å²) in [5.74, 6) is 0.528. The highest BCUT2D eigenvalue weighted by Crippen LogP contribution is 2.42. The lowest BCUT2D eigenvalue weighted by Crippen LogP contribution is -2.07. The highest BCUT2D eigenvalue weighted by molar-refractivity contribution is 6.09. The molecule has 0 saturated carbocycles. The molecule has 0 radical (unpaired) electrons. The van der Waals surface area contributed by atoms with E-state index in [1.54, 1.807) is 6.92 Å². The van der Waals surface area contributed by atoms with Crippen LogP contribution < -0.4 is 4.74 Å². The van der Waals surface area contributed by atoms with Crippen molar-refractivity contribution in [3.63, 3.8) is 0 Å². The number of aromatic amines is 2. The fourth-order valence-electron chi connectivity index (χ4n) is 9.94. The van der Waals surface area contributed by atoms with Crippen LogP contribution in [0.3, 0.4) is 0 Å². The molecule has 2 N–H and O–H groups in total. The second-order valence-corrected chi connectivity index (χ2v) is 17.4. The molecule has 3 aromatic heterocycles. The molecule has 0 unspecified atom stereocenters. The number of carbonyl (C=O) groups is 1. The first-order valence-electron chi connectivity index (χ1n) is 23.6. The van der Waals surface area contributed by atoms with E-state index in [2.05, 4.69) is 198 Å². The van der Waals surface area contributed by atoms with Crippen molar-refractivity contribution in [2.45, 2.75) is 19.8 Å². The lowest BCUT2D eigenvalue weighted by atomic mass is 9.97. The third-order valence-electron chi connectivity index (χ3n) is 13.2. The number of ether oxygens (including phenoxy) is 2. The molecule has 10 aromatic rings. The average Bonchev–Trinajstić information content (AvgIpc) is 4.26. The Morgan fingerprint density at radius 1 is 0.435 bits per heavy atom. The molecule has 7 heteroatoms. The van der Waals surface area contributed by atoms with Crippen LogP contribution in [0.2, 0.25) is 0 Å². The van der Waals surface area contributed by atoms with Gasteiger partial charge in [-0.25, -0.2) is 9.97 Å². The number of benzene rings is 7. The van der Waals surface area contributed by atoms with Crippen LogP contribution in [0.1, 0.15) is 42.5 Å². The maximum Gasteiger partial charge on any atom is 0.305 e. The molecular weight excluding hydrogens is 849 g/mol. The molecule has 0 aliphatic carbocycles. The van der Waals surface area contributed by atoms with Gasteiger partial charge >= 0.3 is 5.97 Å². The molecule has 2 aliphatic rings. The van der Waals surface area contributed by atoms with Gasteiger partial charge in [0.1, 0.15) is 5.75 Å². The molecule has 0 atom stereocenters. The third-order valence-corrected chi connectivity index (χ3v) is 13.2. The number of hydrogen-bond acceptors (Lipinski definition) is 5. The molecule has 8 bridgehead atoms. The number of esters is 1. The van der Waals surface area contributed by atoms with Crippen molar-refractivity contribution in [3.05, 3.63) is 199 Å². The summed E-state index contributed by atoms with van der Waals surface area (Å²) in [4.78, 5) is 30.7. The van der Waals surface area contributed by atoms with E-state index < -0.39 is 0 Å². The number of carbonyl (C=O) groups excluding carboxylic acids is 1. The second-order valence-electron chi connectivity index (χ2n) is 17.4. The maximum atomic E-state index is 11.7. The average molecular weight is 895 g/mol. The molecule has 12 rings (SSSR count). The first-order chi connectivity index (χ1) is 34.1. The van der Waals surface area contributed by atoms with Crippen molar-refractivity contribution < 1.29 is 14.3 Å². The molecule has 7 aromatic carbocycles. The van der Waals surface area contributed by atoms with E-state index >= 15 is 0 Å². The monoisotopic (exact) mass is 894 g/mol. The number of fused-ring (bicyclic) bond motifs is 11. The molecule has 5 heterocycles. The summed E-state index contributed by atoms with van der Waals surface area (Å²) in [5, 5.41) is 6.89. The van der Waals surface area contributed by atoms with E-state index in [-0.39, 0.29) is 5.97 Å². The van der Waals surface area contributed by atoms with Crippen molar-refractivity contribution >= 4 is 84.7 Å². The van der Waals surface area contributed by atoms with Crippen LogP contribution in [0.5, 0.6) is 5.75 Å². The summed E-state index contributed by atoms with van der Waals surface area (Å²) >= 11 is 0. The van der Waals surface area contributed by atoms with Gasteiger partial charge in [0.25, 0.3) is 0 Å². The second kappa shape index (κ2) is 17.8. The Labute approximate surface area is 399 Å². The van der Waals surface area contributed by atoms with E-state index in [1.807, 2.05) is 12.1 Å². The van der Waals surface area contributed by atoms with Crippen LogP contribution in [0.15, 0.2) is 176 Å². The molecule has 0 spiro atoms. The molecule has 69 heavy (non-hydrogen) atoms. The van der Waals surface area contributed by atoms with Gasteiger partial charge in [0.05, 0.1) is 36.0 Å². The third kappa shape index (κ3) is 7.74. The fraction of sp³-hybridized carbons (Fsp3) is 0.0806. The van der Waals surface area contributed by atoms with Crippen LogP contribution in [-0.2, 0) is 9.53 Å². The first kappa shape index (κ1) is 41.6. The van der Waals surface area contributed by atoms with Gasteiger partial charge in [-0.15, -0.1) is 0 Å². The van der Waals surface area contributed by atoms with Gasteiger partial charge in [-0.3, -0.25) is 4.79 Å². The molecule has 0 saturated heterocycles. The van der Waals surface area contributed by atoms with Crippen LogP contribution >= 0.6 is 0 Å². The van der Waals surface area contributed by atoms with Gasteiger partial charge in [-0.2, -0.15) is 0 Å². The number of H-pyrrole nitrogens is 2. The van der Waals surface area contributed by atoms with Crippen LogP contribution in [0.25, 0.3) is 123 Å². The topological polar surface area (TPSA) is 92.9 Å². The molecule has 332 valence electrons. The minimum absolute atomic E-state index is 0.205. The van der Waals surface area contributed by atoms with Gasteiger partial charge in [-0.05, 0) is 115 Å². The quantitative estimate of drug-likeness (QED) is 0.105. The Hall–Kier alpha value is -8.81. The Kier molecular flexibility index (Phi) is 10.7. The summed E-state index contributed by atoms with van der Waals surface area (Å²) in [6.45, 7) is 2.55. The Morgan fingerprint density at radius 3 is 1.26 bits per heavy atom. The summed E-state index contributed by atoms with van der Waals surface area (Å²) < 4.78 is 11.4. The Balaban J connectivity index is 1.16. The highest BCUT2D eigenvalue weighted by atomic mass is 16.5. The maximum absolute atomic E-state index is 11.7. The summed E-state index contributed by atoms with van der Waals surface area (Å²) in [7, 11) is 0. The van der Waals surface area contributed by atoms with Gasteiger partial charge in [0.15, 0.2) is 0 Å².